The lowest BCUT2D eigenvalue weighted by molar-refractivity contribution is 0.0182. The van der Waals surface area contributed by atoms with E-state index in [4.69, 9.17) is 4.74 Å². The molecule has 0 spiro atoms. The summed E-state index contributed by atoms with van der Waals surface area (Å²) < 4.78 is 29.4. The van der Waals surface area contributed by atoms with Crippen LogP contribution in [0.5, 0.6) is 0 Å². The largest absolute Gasteiger partial charge is 0.375 e. The summed E-state index contributed by atoms with van der Waals surface area (Å²) in [7, 11) is 0. The number of halogens is 3. The number of nitrogens with one attached hydrogen (secondary N) is 1. The smallest absolute Gasteiger partial charge is 0.264 e. The molecular formula is C13H17F2IN2O2. The third-order valence-electron chi connectivity index (χ3n) is 3.41. The van der Waals surface area contributed by atoms with Crippen LogP contribution in [0, 0.1) is 3.57 Å². The molecule has 112 valence electrons. The van der Waals surface area contributed by atoms with E-state index in [9.17, 15) is 13.6 Å². The lowest BCUT2D eigenvalue weighted by Gasteiger charge is -2.12. The molecule has 1 fully saturated rings. The average Bonchev–Trinajstić information content (AvgIpc) is 2.92. The second-order valence-electron chi connectivity index (χ2n) is 4.91. The average molecular weight is 398 g/mol. The molecule has 1 aromatic rings. The number of nitrogens with zero attached hydrogens (tertiary/aromatic N) is 1. The number of hydrogen-bond donors (Lipinski definition) is 1. The third kappa shape index (κ3) is 4.21. The fourth-order valence-corrected chi connectivity index (χ4v) is 3.15. The molecule has 1 aliphatic rings. The number of alkyl halides is 2. The SMILES string of the molecule is O=c1[nH]c(CCOCC(F)F)nc(C2CCCC2)c1I. The van der Waals surface area contributed by atoms with Gasteiger partial charge in [0.25, 0.3) is 12.0 Å². The van der Waals surface area contributed by atoms with Gasteiger partial charge in [-0.2, -0.15) is 0 Å². The number of H-pyrrole nitrogens is 1. The van der Waals surface area contributed by atoms with Gasteiger partial charge in [-0.3, -0.25) is 4.79 Å². The minimum absolute atomic E-state index is 0.137. The summed E-state index contributed by atoms with van der Waals surface area (Å²) >= 11 is 2.03. The molecule has 0 radical (unpaired) electrons. The number of aromatic nitrogens is 2. The molecule has 1 aliphatic carbocycles. The van der Waals surface area contributed by atoms with E-state index >= 15 is 0 Å². The van der Waals surface area contributed by atoms with Crippen LogP contribution in [-0.4, -0.2) is 29.6 Å². The Labute approximate surface area is 129 Å². The van der Waals surface area contributed by atoms with Gasteiger partial charge in [0.15, 0.2) is 0 Å². The lowest BCUT2D eigenvalue weighted by atomic mass is 10.0. The highest BCUT2D eigenvalue weighted by Crippen LogP contribution is 2.34. The van der Waals surface area contributed by atoms with Crippen molar-refractivity contribution >= 4 is 22.6 Å². The Kier molecular flexibility index (Phi) is 5.88. The summed E-state index contributed by atoms with van der Waals surface area (Å²) in [5, 5.41) is 0. The molecule has 1 N–H and O–H groups in total. The van der Waals surface area contributed by atoms with Crippen LogP contribution in [0.1, 0.15) is 43.1 Å². The maximum Gasteiger partial charge on any atom is 0.264 e. The molecule has 20 heavy (non-hydrogen) atoms. The highest BCUT2D eigenvalue weighted by Gasteiger charge is 2.22. The van der Waals surface area contributed by atoms with Crippen molar-refractivity contribution in [2.45, 2.75) is 44.4 Å². The van der Waals surface area contributed by atoms with Crippen LogP contribution in [0.3, 0.4) is 0 Å². The molecule has 1 saturated carbocycles. The van der Waals surface area contributed by atoms with Crippen molar-refractivity contribution in [1.82, 2.24) is 9.97 Å². The van der Waals surface area contributed by atoms with Crippen LogP contribution >= 0.6 is 22.6 Å². The third-order valence-corrected chi connectivity index (χ3v) is 4.45. The molecule has 0 atom stereocenters. The Bertz CT molecular complexity index is 502. The van der Waals surface area contributed by atoms with E-state index in [1.54, 1.807) is 0 Å². The summed E-state index contributed by atoms with van der Waals surface area (Å²) in [4.78, 5) is 19.1. The van der Waals surface area contributed by atoms with E-state index in [0.717, 1.165) is 18.5 Å². The van der Waals surface area contributed by atoms with E-state index < -0.39 is 13.0 Å². The maximum atomic E-state index is 11.9. The van der Waals surface area contributed by atoms with Gasteiger partial charge in [-0.25, -0.2) is 13.8 Å². The van der Waals surface area contributed by atoms with Gasteiger partial charge >= 0.3 is 0 Å². The van der Waals surface area contributed by atoms with Gasteiger partial charge in [0.2, 0.25) is 0 Å². The normalized spacial score (nSPS) is 16.2. The van der Waals surface area contributed by atoms with Gasteiger partial charge in [-0.1, -0.05) is 12.8 Å². The van der Waals surface area contributed by atoms with Crippen molar-refractivity contribution in [1.29, 1.82) is 0 Å². The molecule has 2 rings (SSSR count). The summed E-state index contributed by atoms with van der Waals surface area (Å²) in [5.41, 5.74) is 0.710. The van der Waals surface area contributed by atoms with E-state index in [2.05, 4.69) is 9.97 Å². The number of rotatable bonds is 6. The van der Waals surface area contributed by atoms with Gasteiger partial charge in [0, 0.05) is 12.3 Å². The quantitative estimate of drug-likeness (QED) is 0.593. The van der Waals surface area contributed by atoms with Crippen molar-refractivity contribution in [3.63, 3.8) is 0 Å². The first-order valence-corrected chi connectivity index (χ1v) is 7.80. The first kappa shape index (κ1) is 15.8. The Morgan fingerprint density at radius 1 is 1.40 bits per heavy atom. The molecule has 0 unspecified atom stereocenters. The van der Waals surface area contributed by atoms with Gasteiger partial charge in [-0.05, 0) is 35.4 Å². The van der Waals surface area contributed by atoms with Crippen LogP contribution in [0.25, 0.3) is 0 Å². The molecule has 4 nitrogen and oxygen atoms in total. The molecular weight excluding hydrogens is 381 g/mol. The van der Waals surface area contributed by atoms with E-state index in [-0.39, 0.29) is 12.2 Å². The minimum Gasteiger partial charge on any atom is -0.375 e. The monoisotopic (exact) mass is 398 g/mol. The van der Waals surface area contributed by atoms with Gasteiger partial charge in [0.1, 0.15) is 12.4 Å². The summed E-state index contributed by atoms with van der Waals surface area (Å²) in [6.45, 7) is -0.442. The fourth-order valence-electron chi connectivity index (χ4n) is 2.45. The minimum atomic E-state index is -2.47. The highest BCUT2D eigenvalue weighted by molar-refractivity contribution is 14.1. The van der Waals surface area contributed by atoms with E-state index in [1.165, 1.54) is 12.8 Å². The van der Waals surface area contributed by atoms with E-state index in [0.29, 0.717) is 21.7 Å². The van der Waals surface area contributed by atoms with Crippen LogP contribution in [0.15, 0.2) is 4.79 Å². The zero-order valence-electron chi connectivity index (χ0n) is 11.0. The summed E-state index contributed by atoms with van der Waals surface area (Å²) in [5.74, 6) is 0.872. The van der Waals surface area contributed by atoms with Crippen LogP contribution < -0.4 is 5.56 Å². The molecule has 1 heterocycles. The number of ether oxygens (including phenoxy) is 1. The van der Waals surface area contributed by atoms with Gasteiger partial charge < -0.3 is 9.72 Å². The van der Waals surface area contributed by atoms with Crippen LogP contribution in [0.4, 0.5) is 8.78 Å². The Morgan fingerprint density at radius 2 is 2.10 bits per heavy atom. The van der Waals surface area contributed by atoms with Crippen molar-refractivity contribution in [3.05, 3.63) is 25.4 Å². The second-order valence-corrected chi connectivity index (χ2v) is 5.99. The van der Waals surface area contributed by atoms with Gasteiger partial charge in [0.05, 0.1) is 15.9 Å². The number of hydrogen-bond acceptors (Lipinski definition) is 3. The van der Waals surface area contributed by atoms with Crippen molar-refractivity contribution in [2.24, 2.45) is 0 Å². The van der Waals surface area contributed by atoms with Crippen LogP contribution in [0.2, 0.25) is 0 Å². The predicted octanol–water partition coefficient (Wildman–Crippen LogP) is 2.86. The maximum absolute atomic E-state index is 11.9. The molecule has 0 saturated heterocycles. The Balaban J connectivity index is 2.04. The summed E-state index contributed by atoms with van der Waals surface area (Å²) in [6, 6.07) is 0. The molecule has 1 aromatic heterocycles. The summed E-state index contributed by atoms with van der Waals surface area (Å²) in [6.07, 6.45) is 2.34. The lowest BCUT2D eigenvalue weighted by Crippen LogP contribution is -2.20. The number of aromatic amines is 1. The predicted molar refractivity (Wildman–Crippen MR) is 79.3 cm³/mol. The second kappa shape index (κ2) is 7.44. The molecule has 0 aliphatic heterocycles. The zero-order valence-corrected chi connectivity index (χ0v) is 13.2. The highest BCUT2D eigenvalue weighted by atomic mass is 127. The Morgan fingerprint density at radius 3 is 2.75 bits per heavy atom. The van der Waals surface area contributed by atoms with Crippen molar-refractivity contribution in [3.8, 4) is 0 Å². The van der Waals surface area contributed by atoms with Crippen molar-refractivity contribution in [2.75, 3.05) is 13.2 Å². The van der Waals surface area contributed by atoms with E-state index in [1.807, 2.05) is 22.6 Å². The standard InChI is InChI=1S/C13H17F2IN2O2/c14-9(15)7-20-6-5-10-17-12(8-3-1-2-4-8)11(16)13(19)18-10/h8-9H,1-7H2,(H,17,18,19). The molecule has 0 amide bonds. The molecule has 0 aromatic carbocycles. The fraction of sp³-hybridized carbons (Fsp3) is 0.692. The first-order chi connectivity index (χ1) is 9.58. The van der Waals surface area contributed by atoms with Crippen LogP contribution in [-0.2, 0) is 11.2 Å². The van der Waals surface area contributed by atoms with Gasteiger partial charge in [-0.15, -0.1) is 0 Å². The topological polar surface area (TPSA) is 55.0 Å². The molecule has 7 heteroatoms. The molecule has 0 bridgehead atoms. The Hall–Kier alpha value is -0.570. The zero-order chi connectivity index (χ0) is 14.5. The van der Waals surface area contributed by atoms with Crippen molar-refractivity contribution < 1.29 is 13.5 Å². The first-order valence-electron chi connectivity index (χ1n) is 6.72.